The molecule has 2 aromatic carbocycles. The number of methoxy groups -OCH3 is 3. The van der Waals surface area contributed by atoms with Gasteiger partial charge in [0, 0.05) is 22.8 Å². The average Bonchev–Trinajstić information content (AvgIpc) is 3.03. The lowest BCUT2D eigenvalue weighted by molar-refractivity contribution is 0.0999. The Hall–Kier alpha value is -3.12. The van der Waals surface area contributed by atoms with Gasteiger partial charge in [-0.3, -0.25) is 4.79 Å². The van der Waals surface area contributed by atoms with Crippen molar-refractivity contribution in [1.29, 1.82) is 0 Å². The van der Waals surface area contributed by atoms with Crippen molar-refractivity contribution >= 4 is 17.5 Å². The lowest BCUT2D eigenvalue weighted by Gasteiger charge is -2.17. The van der Waals surface area contributed by atoms with Crippen LogP contribution in [0.25, 0.3) is 11.3 Å². The number of amides is 1. The van der Waals surface area contributed by atoms with E-state index >= 15 is 0 Å². The second-order valence-electron chi connectivity index (χ2n) is 6.49. The highest BCUT2D eigenvalue weighted by molar-refractivity contribution is 6.33. The quantitative estimate of drug-likeness (QED) is 0.625. The van der Waals surface area contributed by atoms with Crippen LogP contribution in [0.2, 0.25) is 5.02 Å². The molecule has 0 aliphatic carbocycles. The molecule has 1 heterocycles. The molecular weight excluding hydrogens is 392 g/mol. The monoisotopic (exact) mass is 414 g/mol. The fraction of sp³-hybridized carbons (Fsp3) is 0.227. The highest BCUT2D eigenvalue weighted by Crippen LogP contribution is 2.39. The number of primary amides is 1. The minimum absolute atomic E-state index is 0.451. The SMILES string of the molecule is COc1cc(Cn2c(-c3ccccc3Cl)cc(C(N)=O)c2C)cc(OC)c1OC. The van der Waals surface area contributed by atoms with Crippen LogP contribution in [-0.4, -0.2) is 31.8 Å². The standard InChI is InChI=1S/C22H23ClN2O4/c1-13-16(22(24)26)11-18(15-7-5-6-8-17(15)23)25(13)12-14-9-19(27-2)21(29-4)20(10-14)28-3/h5-11H,12H2,1-4H3,(H2,24,26). The summed E-state index contributed by atoms with van der Waals surface area (Å²) in [6.07, 6.45) is 0. The highest BCUT2D eigenvalue weighted by atomic mass is 35.5. The number of aromatic nitrogens is 1. The molecular formula is C22H23ClN2O4. The van der Waals surface area contributed by atoms with Gasteiger partial charge < -0.3 is 24.5 Å². The van der Waals surface area contributed by atoms with E-state index in [0.29, 0.717) is 34.4 Å². The molecule has 0 aliphatic rings. The normalized spacial score (nSPS) is 10.7. The largest absolute Gasteiger partial charge is 0.493 e. The molecule has 3 rings (SSSR count). The maximum Gasteiger partial charge on any atom is 0.250 e. The van der Waals surface area contributed by atoms with E-state index in [4.69, 9.17) is 31.5 Å². The summed E-state index contributed by atoms with van der Waals surface area (Å²) >= 11 is 6.42. The summed E-state index contributed by atoms with van der Waals surface area (Å²) in [5.41, 5.74) is 9.32. The molecule has 7 heteroatoms. The Morgan fingerprint density at radius 2 is 1.66 bits per heavy atom. The Morgan fingerprint density at radius 1 is 1.03 bits per heavy atom. The molecule has 3 aromatic rings. The zero-order valence-electron chi connectivity index (χ0n) is 16.8. The number of ether oxygens (including phenoxy) is 3. The lowest BCUT2D eigenvalue weighted by Crippen LogP contribution is -2.13. The summed E-state index contributed by atoms with van der Waals surface area (Å²) in [4.78, 5) is 12.0. The molecule has 2 N–H and O–H groups in total. The summed E-state index contributed by atoms with van der Waals surface area (Å²) in [7, 11) is 4.70. The molecule has 0 saturated carbocycles. The number of benzene rings is 2. The van der Waals surface area contributed by atoms with Gasteiger partial charge in [-0.25, -0.2) is 0 Å². The molecule has 0 bridgehead atoms. The predicted molar refractivity (Wildman–Crippen MR) is 113 cm³/mol. The van der Waals surface area contributed by atoms with Gasteiger partial charge in [0.05, 0.1) is 32.6 Å². The van der Waals surface area contributed by atoms with E-state index in [1.165, 1.54) is 0 Å². The van der Waals surface area contributed by atoms with Crippen molar-refractivity contribution in [3.63, 3.8) is 0 Å². The van der Waals surface area contributed by atoms with Crippen molar-refractivity contribution in [2.24, 2.45) is 5.73 Å². The van der Waals surface area contributed by atoms with Crippen LogP contribution in [0.5, 0.6) is 17.2 Å². The predicted octanol–water partition coefficient (Wildman–Crippen LogP) is 4.29. The first-order valence-electron chi connectivity index (χ1n) is 8.95. The zero-order chi connectivity index (χ0) is 21.1. The first-order chi connectivity index (χ1) is 13.9. The number of carbonyl (C=O) groups is 1. The summed E-state index contributed by atoms with van der Waals surface area (Å²) < 4.78 is 18.3. The topological polar surface area (TPSA) is 75.7 Å². The third-order valence-electron chi connectivity index (χ3n) is 4.85. The summed E-state index contributed by atoms with van der Waals surface area (Å²) in [6.45, 7) is 2.31. The first-order valence-corrected chi connectivity index (χ1v) is 9.32. The first kappa shape index (κ1) is 20.6. The van der Waals surface area contributed by atoms with Crippen LogP contribution >= 0.6 is 11.6 Å². The second kappa shape index (κ2) is 8.49. The van der Waals surface area contributed by atoms with Crippen molar-refractivity contribution < 1.29 is 19.0 Å². The Labute approximate surface area is 174 Å². The van der Waals surface area contributed by atoms with Crippen LogP contribution in [0.4, 0.5) is 0 Å². The van der Waals surface area contributed by atoms with Crippen molar-refractivity contribution in [1.82, 2.24) is 4.57 Å². The van der Waals surface area contributed by atoms with Crippen molar-refractivity contribution in [3.8, 4) is 28.5 Å². The minimum atomic E-state index is -0.487. The molecule has 0 radical (unpaired) electrons. The molecule has 152 valence electrons. The van der Waals surface area contributed by atoms with E-state index in [0.717, 1.165) is 22.5 Å². The number of carbonyl (C=O) groups excluding carboxylic acids is 1. The zero-order valence-corrected chi connectivity index (χ0v) is 17.5. The number of halogens is 1. The number of hydrogen-bond donors (Lipinski definition) is 1. The molecule has 29 heavy (non-hydrogen) atoms. The minimum Gasteiger partial charge on any atom is -0.493 e. The van der Waals surface area contributed by atoms with Gasteiger partial charge in [-0.2, -0.15) is 0 Å². The maximum absolute atomic E-state index is 12.0. The number of nitrogens with zero attached hydrogens (tertiary/aromatic N) is 1. The Morgan fingerprint density at radius 3 is 2.17 bits per heavy atom. The van der Waals surface area contributed by atoms with E-state index in [1.54, 1.807) is 27.4 Å². The van der Waals surface area contributed by atoms with Gasteiger partial charge >= 0.3 is 0 Å². The summed E-state index contributed by atoms with van der Waals surface area (Å²) in [5, 5.41) is 0.590. The van der Waals surface area contributed by atoms with Gasteiger partial charge in [-0.05, 0) is 36.8 Å². The molecule has 0 atom stereocenters. The third-order valence-corrected chi connectivity index (χ3v) is 5.18. The van der Waals surface area contributed by atoms with E-state index in [-0.39, 0.29) is 0 Å². The second-order valence-corrected chi connectivity index (χ2v) is 6.90. The number of hydrogen-bond acceptors (Lipinski definition) is 4. The van der Waals surface area contributed by atoms with Crippen LogP contribution < -0.4 is 19.9 Å². The van der Waals surface area contributed by atoms with E-state index in [9.17, 15) is 4.79 Å². The molecule has 0 saturated heterocycles. The Bertz CT molecular complexity index is 1030. The van der Waals surface area contributed by atoms with Gasteiger partial charge in [-0.15, -0.1) is 0 Å². The number of rotatable bonds is 7. The highest BCUT2D eigenvalue weighted by Gasteiger charge is 2.20. The maximum atomic E-state index is 12.0. The third kappa shape index (κ3) is 3.89. The Kier molecular flexibility index (Phi) is 6.03. The van der Waals surface area contributed by atoms with Crippen molar-refractivity contribution in [3.05, 3.63) is 64.3 Å². The number of nitrogens with two attached hydrogens (primary N) is 1. The van der Waals surface area contributed by atoms with Gasteiger partial charge in [-0.1, -0.05) is 29.8 Å². The molecule has 1 aromatic heterocycles. The molecule has 1 amide bonds. The molecule has 0 aliphatic heterocycles. The van der Waals surface area contributed by atoms with Crippen molar-refractivity contribution in [2.45, 2.75) is 13.5 Å². The van der Waals surface area contributed by atoms with Crippen LogP contribution in [-0.2, 0) is 6.54 Å². The lowest BCUT2D eigenvalue weighted by atomic mass is 10.1. The fourth-order valence-corrected chi connectivity index (χ4v) is 3.63. The fourth-order valence-electron chi connectivity index (χ4n) is 3.40. The van der Waals surface area contributed by atoms with Gasteiger partial charge in [0.2, 0.25) is 5.75 Å². The molecule has 0 fully saturated rings. The summed E-state index contributed by atoms with van der Waals surface area (Å²) in [6, 6.07) is 13.0. The van der Waals surface area contributed by atoms with E-state index in [1.807, 2.05) is 47.9 Å². The van der Waals surface area contributed by atoms with Gasteiger partial charge in [0.15, 0.2) is 11.5 Å². The van der Waals surface area contributed by atoms with Gasteiger partial charge in [0.25, 0.3) is 5.91 Å². The van der Waals surface area contributed by atoms with Gasteiger partial charge in [0.1, 0.15) is 0 Å². The average molecular weight is 415 g/mol. The van der Waals surface area contributed by atoms with Crippen LogP contribution in [0.3, 0.4) is 0 Å². The van der Waals surface area contributed by atoms with Crippen molar-refractivity contribution in [2.75, 3.05) is 21.3 Å². The summed E-state index contributed by atoms with van der Waals surface area (Å²) in [5.74, 6) is 1.15. The molecule has 6 nitrogen and oxygen atoms in total. The smallest absolute Gasteiger partial charge is 0.250 e. The van der Waals surface area contributed by atoms with Crippen LogP contribution in [0.15, 0.2) is 42.5 Å². The van der Waals surface area contributed by atoms with E-state index in [2.05, 4.69) is 0 Å². The van der Waals surface area contributed by atoms with Crippen LogP contribution in [0, 0.1) is 6.92 Å². The van der Waals surface area contributed by atoms with Crippen LogP contribution in [0.1, 0.15) is 21.6 Å². The molecule has 0 unspecified atom stereocenters. The Balaban J connectivity index is 2.17. The van der Waals surface area contributed by atoms with E-state index < -0.39 is 5.91 Å². The molecule has 0 spiro atoms.